The van der Waals surface area contributed by atoms with Gasteiger partial charge in [0, 0.05) is 11.8 Å². The van der Waals surface area contributed by atoms with E-state index in [0.29, 0.717) is 0 Å². The minimum atomic E-state index is -0.0360. The average molecular weight is 191 g/mol. The minimum Gasteiger partial charge on any atom is -0.320 e. The molecule has 4 heteroatoms. The second kappa shape index (κ2) is 3.75. The molecule has 2 heterocycles. The van der Waals surface area contributed by atoms with Crippen LogP contribution < -0.4 is 10.6 Å². The van der Waals surface area contributed by atoms with Crippen molar-refractivity contribution in [3.63, 3.8) is 0 Å². The summed E-state index contributed by atoms with van der Waals surface area (Å²) in [5.41, 5.74) is 1.02. The molecule has 0 saturated heterocycles. The number of pyridine rings is 1. The fraction of sp³-hybridized carbons (Fsp3) is 0.400. The zero-order valence-electron chi connectivity index (χ0n) is 8.08. The Balaban J connectivity index is 2.21. The highest BCUT2D eigenvalue weighted by Crippen LogP contribution is 2.32. The number of rotatable bonds is 3. The van der Waals surface area contributed by atoms with Gasteiger partial charge < -0.3 is 10.6 Å². The summed E-state index contributed by atoms with van der Waals surface area (Å²) in [5, 5.41) is 5.82. The lowest BCUT2D eigenvalue weighted by Gasteiger charge is -2.06. The Bertz CT molecular complexity index is 351. The van der Waals surface area contributed by atoms with E-state index in [9.17, 15) is 4.79 Å². The molecule has 1 aliphatic heterocycles. The summed E-state index contributed by atoms with van der Waals surface area (Å²) in [5.74, 6) is 0.749. The predicted molar refractivity (Wildman–Crippen MR) is 54.2 cm³/mol. The molecule has 1 aromatic heterocycles. The van der Waals surface area contributed by atoms with E-state index in [4.69, 9.17) is 0 Å². The Hall–Kier alpha value is -1.42. The number of hydrogen-bond acceptors (Lipinski definition) is 3. The lowest BCUT2D eigenvalue weighted by molar-refractivity contribution is -0.117. The van der Waals surface area contributed by atoms with Gasteiger partial charge in [0.1, 0.15) is 5.82 Å². The molecule has 4 nitrogen and oxygen atoms in total. The molecule has 1 aromatic rings. The van der Waals surface area contributed by atoms with Crippen molar-refractivity contribution >= 4 is 11.7 Å². The largest absolute Gasteiger partial charge is 0.320 e. The molecule has 1 aliphatic rings. The van der Waals surface area contributed by atoms with Gasteiger partial charge in [0.2, 0.25) is 5.91 Å². The molecular weight excluding hydrogens is 178 g/mol. The first-order valence-corrected chi connectivity index (χ1v) is 4.73. The average Bonchev–Trinajstić information content (AvgIpc) is 2.51. The predicted octanol–water partition coefficient (Wildman–Crippen LogP) is 0.727. The Morgan fingerprint density at radius 1 is 1.64 bits per heavy atom. The second-order valence-electron chi connectivity index (χ2n) is 3.38. The molecule has 0 fully saturated rings. The zero-order valence-corrected chi connectivity index (χ0v) is 8.08. The van der Waals surface area contributed by atoms with Crippen molar-refractivity contribution in [1.29, 1.82) is 0 Å². The van der Waals surface area contributed by atoms with Gasteiger partial charge in [-0.3, -0.25) is 4.79 Å². The van der Waals surface area contributed by atoms with Gasteiger partial charge >= 0.3 is 0 Å². The maximum absolute atomic E-state index is 11.6. The number of anilines is 1. The highest BCUT2D eigenvalue weighted by Gasteiger charge is 2.30. The van der Waals surface area contributed by atoms with Gasteiger partial charge in [0.05, 0.1) is 5.92 Å². The zero-order chi connectivity index (χ0) is 9.97. The van der Waals surface area contributed by atoms with E-state index in [1.54, 1.807) is 6.20 Å². The van der Waals surface area contributed by atoms with Gasteiger partial charge in [0.15, 0.2) is 0 Å². The van der Waals surface area contributed by atoms with Gasteiger partial charge in [-0.05, 0) is 26.1 Å². The number of fused-ring (bicyclic) bond motifs is 1. The molecule has 2 rings (SSSR count). The van der Waals surface area contributed by atoms with Crippen LogP contribution in [0, 0.1) is 0 Å². The molecule has 14 heavy (non-hydrogen) atoms. The molecule has 1 amide bonds. The molecule has 74 valence electrons. The van der Waals surface area contributed by atoms with Gasteiger partial charge in [-0.2, -0.15) is 0 Å². The molecule has 1 unspecified atom stereocenters. The number of nitrogens with zero attached hydrogens (tertiary/aromatic N) is 1. The Morgan fingerprint density at radius 2 is 2.50 bits per heavy atom. The van der Waals surface area contributed by atoms with Crippen molar-refractivity contribution in [1.82, 2.24) is 10.3 Å². The van der Waals surface area contributed by atoms with E-state index in [1.807, 2.05) is 19.2 Å². The normalized spacial score (nSPS) is 19.2. The third-order valence-electron chi connectivity index (χ3n) is 2.46. The van der Waals surface area contributed by atoms with Crippen LogP contribution in [0.15, 0.2) is 18.3 Å². The first-order chi connectivity index (χ1) is 6.83. The van der Waals surface area contributed by atoms with E-state index < -0.39 is 0 Å². The standard InChI is InChI=1S/C10H13N3O/c1-11-6-4-8-7-3-2-5-12-9(7)13-10(8)14/h2-3,5,8,11H,4,6H2,1H3,(H,12,13,14). The molecule has 0 radical (unpaired) electrons. The van der Waals surface area contributed by atoms with Gasteiger partial charge in [-0.15, -0.1) is 0 Å². The fourth-order valence-electron chi connectivity index (χ4n) is 1.72. The monoisotopic (exact) mass is 191 g/mol. The molecule has 0 bridgehead atoms. The maximum Gasteiger partial charge on any atom is 0.233 e. The molecule has 1 atom stereocenters. The van der Waals surface area contributed by atoms with Crippen LogP contribution in [0.25, 0.3) is 0 Å². The summed E-state index contributed by atoms with van der Waals surface area (Å²) in [6.07, 6.45) is 2.51. The van der Waals surface area contributed by atoms with E-state index in [2.05, 4.69) is 15.6 Å². The number of aromatic nitrogens is 1. The second-order valence-corrected chi connectivity index (χ2v) is 3.38. The maximum atomic E-state index is 11.6. The molecule has 0 saturated carbocycles. The molecule has 0 spiro atoms. The lowest BCUT2D eigenvalue weighted by atomic mass is 9.99. The van der Waals surface area contributed by atoms with Crippen LogP contribution in [0.5, 0.6) is 0 Å². The van der Waals surface area contributed by atoms with Crippen molar-refractivity contribution in [3.8, 4) is 0 Å². The summed E-state index contributed by atoms with van der Waals surface area (Å²) in [7, 11) is 1.89. The molecule has 2 N–H and O–H groups in total. The summed E-state index contributed by atoms with van der Waals surface area (Å²) < 4.78 is 0. The first kappa shape index (κ1) is 9.15. The fourth-order valence-corrected chi connectivity index (χ4v) is 1.72. The van der Waals surface area contributed by atoms with Crippen LogP contribution in [0.3, 0.4) is 0 Å². The Kier molecular flexibility index (Phi) is 2.45. The smallest absolute Gasteiger partial charge is 0.233 e. The number of hydrogen-bond donors (Lipinski definition) is 2. The van der Waals surface area contributed by atoms with Crippen LogP contribution in [-0.2, 0) is 4.79 Å². The number of amides is 1. The minimum absolute atomic E-state index is 0.0360. The van der Waals surface area contributed by atoms with Crippen LogP contribution in [0.1, 0.15) is 17.9 Å². The number of carbonyl (C=O) groups excluding carboxylic acids is 1. The lowest BCUT2D eigenvalue weighted by Crippen LogP contribution is -2.17. The van der Waals surface area contributed by atoms with E-state index in [1.165, 1.54) is 0 Å². The first-order valence-electron chi connectivity index (χ1n) is 4.73. The molecular formula is C10H13N3O. The Labute approximate surface area is 82.7 Å². The number of nitrogens with one attached hydrogen (secondary N) is 2. The summed E-state index contributed by atoms with van der Waals surface area (Å²) >= 11 is 0. The SMILES string of the molecule is CNCCC1C(=O)Nc2ncccc21. The highest BCUT2D eigenvalue weighted by molar-refractivity contribution is 6.01. The van der Waals surface area contributed by atoms with Crippen molar-refractivity contribution in [2.24, 2.45) is 0 Å². The van der Waals surface area contributed by atoms with Crippen molar-refractivity contribution in [3.05, 3.63) is 23.9 Å². The van der Waals surface area contributed by atoms with Crippen molar-refractivity contribution < 1.29 is 4.79 Å². The quantitative estimate of drug-likeness (QED) is 0.740. The van der Waals surface area contributed by atoms with Crippen molar-refractivity contribution in [2.75, 3.05) is 18.9 Å². The third kappa shape index (κ3) is 1.48. The molecule has 0 aliphatic carbocycles. The number of carbonyl (C=O) groups is 1. The van der Waals surface area contributed by atoms with Crippen LogP contribution in [-0.4, -0.2) is 24.5 Å². The van der Waals surface area contributed by atoms with E-state index in [-0.39, 0.29) is 11.8 Å². The molecule has 0 aromatic carbocycles. The van der Waals surface area contributed by atoms with Crippen LogP contribution >= 0.6 is 0 Å². The topological polar surface area (TPSA) is 54.0 Å². The highest BCUT2D eigenvalue weighted by atomic mass is 16.2. The summed E-state index contributed by atoms with van der Waals surface area (Å²) in [4.78, 5) is 15.7. The summed E-state index contributed by atoms with van der Waals surface area (Å²) in [6.45, 7) is 0.840. The van der Waals surface area contributed by atoms with E-state index >= 15 is 0 Å². The Morgan fingerprint density at radius 3 is 3.29 bits per heavy atom. The van der Waals surface area contributed by atoms with Gasteiger partial charge in [0.25, 0.3) is 0 Å². The van der Waals surface area contributed by atoms with Gasteiger partial charge in [-0.25, -0.2) is 4.98 Å². The van der Waals surface area contributed by atoms with Crippen molar-refractivity contribution in [2.45, 2.75) is 12.3 Å². The van der Waals surface area contributed by atoms with Crippen LogP contribution in [0.2, 0.25) is 0 Å². The third-order valence-corrected chi connectivity index (χ3v) is 2.46. The van der Waals surface area contributed by atoms with E-state index in [0.717, 1.165) is 24.3 Å². The van der Waals surface area contributed by atoms with Gasteiger partial charge in [-0.1, -0.05) is 6.07 Å². The summed E-state index contributed by atoms with van der Waals surface area (Å²) in [6, 6.07) is 3.83. The van der Waals surface area contributed by atoms with Crippen LogP contribution in [0.4, 0.5) is 5.82 Å².